The third-order valence-corrected chi connectivity index (χ3v) is 3.89. The molecule has 2 heteroatoms. The highest BCUT2D eigenvalue weighted by molar-refractivity contribution is 5.26. The molecule has 0 bridgehead atoms. The maximum Gasteiger partial charge on any atom is 0.0971 e. The van der Waals surface area contributed by atoms with Gasteiger partial charge in [-0.2, -0.15) is 0 Å². The van der Waals surface area contributed by atoms with E-state index in [0.717, 1.165) is 25.1 Å². The van der Waals surface area contributed by atoms with Gasteiger partial charge < -0.3 is 10.0 Å². The summed E-state index contributed by atoms with van der Waals surface area (Å²) in [6, 6.07) is 10.1. The predicted octanol–water partition coefficient (Wildman–Crippen LogP) is 2.24. The van der Waals surface area contributed by atoms with Gasteiger partial charge in [0.25, 0.3) is 0 Å². The van der Waals surface area contributed by atoms with Crippen molar-refractivity contribution in [2.45, 2.75) is 25.9 Å². The van der Waals surface area contributed by atoms with Gasteiger partial charge in [-0.25, -0.2) is 0 Å². The molecule has 1 aromatic rings. The third kappa shape index (κ3) is 1.76. The van der Waals surface area contributed by atoms with Crippen LogP contribution in [0.3, 0.4) is 0 Å². The summed E-state index contributed by atoms with van der Waals surface area (Å²) in [4.78, 5) is 2.29. The zero-order valence-electron chi connectivity index (χ0n) is 10.4. The van der Waals surface area contributed by atoms with Crippen LogP contribution in [-0.4, -0.2) is 30.1 Å². The maximum absolute atomic E-state index is 11.0. The first-order chi connectivity index (χ1) is 7.46. The molecule has 88 valence electrons. The molecule has 0 amide bonds. The molecule has 1 N–H and O–H groups in total. The zero-order chi connectivity index (χ0) is 11.8. The minimum absolute atomic E-state index is 0.110. The molecule has 0 spiro atoms. The van der Waals surface area contributed by atoms with Crippen LogP contribution in [0.25, 0.3) is 0 Å². The molecular weight excluding hydrogens is 198 g/mol. The van der Waals surface area contributed by atoms with Gasteiger partial charge in [0.05, 0.1) is 5.60 Å². The number of likely N-dealkylation sites (tertiary alicyclic amines) is 1. The average molecular weight is 219 g/mol. The Morgan fingerprint density at radius 2 is 1.81 bits per heavy atom. The standard InChI is InChI=1S/C14H21NO/c1-13(2)11-15(3)10-9-14(13,16)12-7-5-4-6-8-12/h4-8,16H,9-11H2,1-3H3. The van der Waals surface area contributed by atoms with Crippen LogP contribution in [0.2, 0.25) is 0 Å². The van der Waals surface area contributed by atoms with Crippen molar-refractivity contribution in [3.63, 3.8) is 0 Å². The first kappa shape index (κ1) is 11.6. The fourth-order valence-electron chi connectivity index (χ4n) is 2.82. The Hall–Kier alpha value is -0.860. The number of piperidine rings is 1. The van der Waals surface area contributed by atoms with Crippen LogP contribution >= 0.6 is 0 Å². The van der Waals surface area contributed by atoms with Crippen LogP contribution in [0.5, 0.6) is 0 Å². The lowest BCUT2D eigenvalue weighted by molar-refractivity contribution is -0.121. The van der Waals surface area contributed by atoms with Crippen molar-refractivity contribution in [2.75, 3.05) is 20.1 Å². The SMILES string of the molecule is CN1CCC(O)(c2ccccc2)C(C)(C)C1. The molecule has 1 unspecified atom stereocenters. The average Bonchev–Trinajstić information content (AvgIpc) is 2.25. The molecule has 0 aromatic heterocycles. The second-order valence-corrected chi connectivity index (χ2v) is 5.60. The van der Waals surface area contributed by atoms with Gasteiger partial charge in [-0.05, 0) is 19.0 Å². The molecule has 1 saturated heterocycles. The summed E-state index contributed by atoms with van der Waals surface area (Å²) in [5, 5.41) is 11.0. The van der Waals surface area contributed by atoms with Crippen LogP contribution in [0, 0.1) is 5.41 Å². The van der Waals surface area contributed by atoms with Gasteiger partial charge >= 0.3 is 0 Å². The van der Waals surface area contributed by atoms with E-state index in [2.05, 4.69) is 25.8 Å². The van der Waals surface area contributed by atoms with Crippen LogP contribution in [0.1, 0.15) is 25.8 Å². The van der Waals surface area contributed by atoms with Crippen molar-refractivity contribution in [1.29, 1.82) is 0 Å². The highest BCUT2D eigenvalue weighted by Gasteiger charge is 2.47. The second kappa shape index (κ2) is 3.86. The molecular formula is C14H21NO. The summed E-state index contributed by atoms with van der Waals surface area (Å²) >= 11 is 0. The van der Waals surface area contributed by atoms with Gasteiger partial charge in [0.15, 0.2) is 0 Å². The maximum atomic E-state index is 11.0. The third-order valence-electron chi connectivity index (χ3n) is 3.89. The summed E-state index contributed by atoms with van der Waals surface area (Å²) in [6.07, 6.45) is 0.806. The van der Waals surface area contributed by atoms with Gasteiger partial charge in [-0.15, -0.1) is 0 Å². The van der Waals surface area contributed by atoms with E-state index in [1.807, 2.05) is 30.3 Å². The Morgan fingerprint density at radius 3 is 2.38 bits per heavy atom. The largest absolute Gasteiger partial charge is 0.385 e. The summed E-state index contributed by atoms with van der Waals surface area (Å²) in [7, 11) is 2.12. The lowest BCUT2D eigenvalue weighted by Gasteiger charge is -2.49. The molecule has 16 heavy (non-hydrogen) atoms. The van der Waals surface area contributed by atoms with Crippen molar-refractivity contribution in [3.8, 4) is 0 Å². The summed E-state index contributed by atoms with van der Waals surface area (Å²) < 4.78 is 0. The van der Waals surface area contributed by atoms with E-state index in [4.69, 9.17) is 0 Å². The van der Waals surface area contributed by atoms with Crippen LogP contribution < -0.4 is 0 Å². The number of nitrogens with zero attached hydrogens (tertiary/aromatic N) is 1. The van der Waals surface area contributed by atoms with Crippen molar-refractivity contribution < 1.29 is 5.11 Å². The Morgan fingerprint density at radius 1 is 1.19 bits per heavy atom. The fourth-order valence-corrected chi connectivity index (χ4v) is 2.82. The smallest absolute Gasteiger partial charge is 0.0971 e. The molecule has 1 aromatic carbocycles. The first-order valence-corrected chi connectivity index (χ1v) is 5.92. The van der Waals surface area contributed by atoms with E-state index in [1.54, 1.807) is 0 Å². The fraction of sp³-hybridized carbons (Fsp3) is 0.571. The Bertz CT molecular complexity index is 360. The van der Waals surface area contributed by atoms with E-state index in [1.165, 1.54) is 0 Å². The number of benzene rings is 1. The Labute approximate surface area is 97.9 Å². The molecule has 1 heterocycles. The van der Waals surface area contributed by atoms with E-state index >= 15 is 0 Å². The quantitative estimate of drug-likeness (QED) is 0.783. The molecule has 1 fully saturated rings. The van der Waals surface area contributed by atoms with Gasteiger partial charge in [0.1, 0.15) is 0 Å². The molecule has 1 atom stereocenters. The molecule has 2 rings (SSSR count). The van der Waals surface area contributed by atoms with Gasteiger partial charge in [0.2, 0.25) is 0 Å². The van der Waals surface area contributed by atoms with Crippen LogP contribution in [0.4, 0.5) is 0 Å². The minimum Gasteiger partial charge on any atom is -0.385 e. The van der Waals surface area contributed by atoms with E-state index < -0.39 is 5.60 Å². The lowest BCUT2D eigenvalue weighted by atomic mass is 9.66. The Balaban J connectivity index is 2.37. The molecule has 1 aliphatic rings. The van der Waals surface area contributed by atoms with E-state index in [0.29, 0.717) is 0 Å². The van der Waals surface area contributed by atoms with Gasteiger partial charge in [-0.3, -0.25) is 0 Å². The summed E-state index contributed by atoms with van der Waals surface area (Å²) in [5.41, 5.74) is 0.246. The molecule has 1 aliphatic heterocycles. The van der Waals surface area contributed by atoms with Crippen LogP contribution in [0.15, 0.2) is 30.3 Å². The Kier molecular flexibility index (Phi) is 2.81. The first-order valence-electron chi connectivity index (χ1n) is 5.92. The van der Waals surface area contributed by atoms with E-state index in [9.17, 15) is 5.11 Å². The van der Waals surface area contributed by atoms with Crippen molar-refractivity contribution >= 4 is 0 Å². The van der Waals surface area contributed by atoms with Gasteiger partial charge in [-0.1, -0.05) is 44.2 Å². The molecule has 0 saturated carbocycles. The van der Waals surface area contributed by atoms with Crippen molar-refractivity contribution in [1.82, 2.24) is 4.90 Å². The van der Waals surface area contributed by atoms with E-state index in [-0.39, 0.29) is 5.41 Å². The normalized spacial score (nSPS) is 30.2. The number of hydrogen-bond donors (Lipinski definition) is 1. The summed E-state index contributed by atoms with van der Waals surface area (Å²) in [5.74, 6) is 0. The highest BCUT2D eigenvalue weighted by atomic mass is 16.3. The topological polar surface area (TPSA) is 23.5 Å². The molecule has 0 aliphatic carbocycles. The lowest BCUT2D eigenvalue weighted by Crippen LogP contribution is -2.54. The zero-order valence-corrected chi connectivity index (χ0v) is 10.4. The monoisotopic (exact) mass is 219 g/mol. The summed E-state index contributed by atoms with van der Waals surface area (Å²) in [6.45, 7) is 6.18. The number of hydrogen-bond acceptors (Lipinski definition) is 2. The number of aliphatic hydroxyl groups is 1. The van der Waals surface area contributed by atoms with Crippen molar-refractivity contribution in [3.05, 3.63) is 35.9 Å². The number of rotatable bonds is 1. The molecule has 0 radical (unpaired) electrons. The minimum atomic E-state index is -0.694. The van der Waals surface area contributed by atoms with Crippen molar-refractivity contribution in [2.24, 2.45) is 5.41 Å². The molecule has 2 nitrogen and oxygen atoms in total. The second-order valence-electron chi connectivity index (χ2n) is 5.60. The van der Waals surface area contributed by atoms with Gasteiger partial charge in [0, 0.05) is 18.5 Å². The predicted molar refractivity (Wildman–Crippen MR) is 66.2 cm³/mol. The highest BCUT2D eigenvalue weighted by Crippen LogP contribution is 2.45. The van der Waals surface area contributed by atoms with Crippen LogP contribution in [-0.2, 0) is 5.60 Å².